The number of rotatable bonds is 4. The number of sulfone groups is 1. The first-order valence-electron chi connectivity index (χ1n) is 8.91. The molecule has 10 heteroatoms. The summed E-state index contributed by atoms with van der Waals surface area (Å²) in [6.45, 7) is 3.80. The lowest BCUT2D eigenvalue weighted by Crippen LogP contribution is -2.47. The summed E-state index contributed by atoms with van der Waals surface area (Å²) in [5.74, 6) is 0.250. The highest BCUT2D eigenvalue weighted by molar-refractivity contribution is 7.91. The molecular formula is C17H21FN4O3S2. The zero-order valence-corrected chi connectivity index (χ0v) is 16.4. The van der Waals surface area contributed by atoms with Gasteiger partial charge in [-0.05, 0) is 42.9 Å². The van der Waals surface area contributed by atoms with Crippen LogP contribution in [0, 0.1) is 10.7 Å². The smallest absolute Gasteiger partial charge is 0.288 e. The Morgan fingerprint density at radius 2 is 1.89 bits per heavy atom. The van der Waals surface area contributed by atoms with Gasteiger partial charge < -0.3 is 9.32 Å². The summed E-state index contributed by atoms with van der Waals surface area (Å²) in [7, 11) is -2.99. The predicted molar refractivity (Wildman–Crippen MR) is 102 cm³/mol. The van der Waals surface area contributed by atoms with E-state index in [1.54, 1.807) is 16.8 Å². The quantitative estimate of drug-likeness (QED) is 0.712. The van der Waals surface area contributed by atoms with E-state index in [1.165, 1.54) is 12.1 Å². The highest BCUT2D eigenvalue weighted by Crippen LogP contribution is 2.28. The number of hydrogen-bond donors (Lipinski definition) is 0. The van der Waals surface area contributed by atoms with Gasteiger partial charge in [0.15, 0.2) is 9.84 Å². The van der Waals surface area contributed by atoms with E-state index in [-0.39, 0.29) is 28.1 Å². The summed E-state index contributed by atoms with van der Waals surface area (Å²) in [5, 5.41) is 4.42. The Morgan fingerprint density at radius 3 is 2.52 bits per heavy atom. The van der Waals surface area contributed by atoms with Crippen LogP contribution in [-0.2, 0) is 16.5 Å². The van der Waals surface area contributed by atoms with Crippen molar-refractivity contribution in [3.8, 4) is 0 Å². The molecule has 2 aromatic rings. The van der Waals surface area contributed by atoms with E-state index in [9.17, 15) is 12.8 Å². The molecular weight excluding hydrogens is 391 g/mol. The second kappa shape index (κ2) is 7.33. The second-order valence-electron chi connectivity index (χ2n) is 7.03. The molecule has 0 amide bonds. The maximum Gasteiger partial charge on any atom is 0.288 e. The van der Waals surface area contributed by atoms with Crippen LogP contribution in [0.4, 0.5) is 10.1 Å². The molecule has 2 aliphatic heterocycles. The molecule has 0 bridgehead atoms. The van der Waals surface area contributed by atoms with E-state index in [0.29, 0.717) is 19.0 Å². The first-order valence-corrected chi connectivity index (χ1v) is 11.1. The molecule has 1 aromatic heterocycles. The number of nitrogens with zero attached hydrogens (tertiary/aromatic N) is 4. The average Bonchev–Trinajstić information content (AvgIpc) is 3.19. The van der Waals surface area contributed by atoms with Crippen LogP contribution in [0.5, 0.6) is 0 Å². The Hall–Kier alpha value is -1.78. The molecule has 27 heavy (non-hydrogen) atoms. The average molecular weight is 413 g/mol. The summed E-state index contributed by atoms with van der Waals surface area (Å²) < 4.78 is 43.6. The first kappa shape index (κ1) is 18.6. The summed E-state index contributed by atoms with van der Waals surface area (Å²) in [6.07, 6.45) is 0.536. The lowest BCUT2D eigenvalue weighted by molar-refractivity contribution is 0.192. The largest absolute Gasteiger partial charge is 0.414 e. The lowest BCUT2D eigenvalue weighted by Gasteiger charge is -2.35. The molecule has 4 rings (SSSR count). The van der Waals surface area contributed by atoms with Gasteiger partial charge in [-0.2, -0.15) is 0 Å². The summed E-state index contributed by atoms with van der Waals surface area (Å²) >= 11 is 5.26. The van der Waals surface area contributed by atoms with Crippen LogP contribution in [0.2, 0.25) is 0 Å². The highest BCUT2D eigenvalue weighted by Gasteiger charge is 2.33. The minimum atomic E-state index is -2.99. The van der Waals surface area contributed by atoms with Crippen molar-refractivity contribution in [3.05, 3.63) is 40.8 Å². The number of halogens is 1. The van der Waals surface area contributed by atoms with Gasteiger partial charge >= 0.3 is 0 Å². The van der Waals surface area contributed by atoms with Gasteiger partial charge in [-0.1, -0.05) is 0 Å². The Labute approximate surface area is 162 Å². The summed E-state index contributed by atoms with van der Waals surface area (Å²) in [4.78, 5) is 4.70. The standard InChI is InChI=1S/C17H21FN4O3S2/c18-14-1-3-15(4-2-14)21-8-6-20(7-9-21)12-22-17(26)25-16(19-22)13-5-10-27(23,24)11-13/h1-4,13H,5-12H2/t13-/m1/s1. The minimum absolute atomic E-state index is 0.0820. The van der Waals surface area contributed by atoms with Crippen molar-refractivity contribution < 1.29 is 17.2 Å². The van der Waals surface area contributed by atoms with Gasteiger partial charge in [-0.15, -0.1) is 5.10 Å². The molecule has 7 nitrogen and oxygen atoms in total. The van der Waals surface area contributed by atoms with Crippen LogP contribution in [0.3, 0.4) is 0 Å². The molecule has 0 N–H and O–H groups in total. The first-order chi connectivity index (χ1) is 12.9. The van der Waals surface area contributed by atoms with Crippen molar-refractivity contribution in [3.63, 3.8) is 0 Å². The van der Waals surface area contributed by atoms with Crippen molar-refractivity contribution in [1.82, 2.24) is 14.7 Å². The molecule has 3 heterocycles. The fourth-order valence-corrected chi connectivity index (χ4v) is 5.47. The molecule has 1 aromatic carbocycles. The van der Waals surface area contributed by atoms with Gasteiger partial charge in [-0.3, -0.25) is 4.90 Å². The van der Waals surface area contributed by atoms with Crippen molar-refractivity contribution in [2.45, 2.75) is 19.0 Å². The van der Waals surface area contributed by atoms with Gasteiger partial charge in [-0.25, -0.2) is 17.5 Å². The van der Waals surface area contributed by atoms with Crippen LogP contribution in [0.1, 0.15) is 18.2 Å². The van der Waals surface area contributed by atoms with Gasteiger partial charge in [0.1, 0.15) is 5.82 Å². The Balaban J connectivity index is 1.37. The topological polar surface area (TPSA) is 71.6 Å². The highest BCUT2D eigenvalue weighted by atomic mass is 32.2. The van der Waals surface area contributed by atoms with E-state index < -0.39 is 9.84 Å². The maximum atomic E-state index is 13.1. The van der Waals surface area contributed by atoms with E-state index in [0.717, 1.165) is 31.9 Å². The molecule has 0 saturated carbocycles. The second-order valence-corrected chi connectivity index (χ2v) is 9.61. The minimum Gasteiger partial charge on any atom is -0.414 e. The monoisotopic (exact) mass is 412 g/mol. The van der Waals surface area contributed by atoms with Crippen LogP contribution in [-0.4, -0.2) is 60.8 Å². The van der Waals surface area contributed by atoms with Crippen LogP contribution >= 0.6 is 12.2 Å². The third-order valence-electron chi connectivity index (χ3n) is 5.10. The number of aromatic nitrogens is 2. The molecule has 0 radical (unpaired) electrons. The summed E-state index contributed by atoms with van der Waals surface area (Å²) in [5.41, 5.74) is 1.01. The van der Waals surface area contributed by atoms with Crippen molar-refractivity contribution >= 4 is 27.7 Å². The van der Waals surface area contributed by atoms with Crippen molar-refractivity contribution in [2.75, 3.05) is 42.6 Å². The van der Waals surface area contributed by atoms with Crippen LogP contribution in [0.25, 0.3) is 0 Å². The SMILES string of the molecule is O=S1(=O)CC[C@@H](c2nn(CN3CCN(c4ccc(F)cc4)CC3)c(=S)o2)C1. The fourth-order valence-electron chi connectivity index (χ4n) is 3.56. The van der Waals surface area contributed by atoms with E-state index in [2.05, 4.69) is 14.9 Å². The summed E-state index contributed by atoms with van der Waals surface area (Å²) in [6, 6.07) is 6.53. The van der Waals surface area contributed by atoms with Crippen molar-refractivity contribution in [2.24, 2.45) is 0 Å². The fraction of sp³-hybridized carbons (Fsp3) is 0.529. The molecule has 0 aliphatic carbocycles. The third-order valence-corrected chi connectivity index (χ3v) is 7.16. The van der Waals surface area contributed by atoms with Gasteiger partial charge in [0.2, 0.25) is 5.89 Å². The van der Waals surface area contributed by atoms with E-state index >= 15 is 0 Å². The molecule has 0 spiro atoms. The third kappa shape index (κ3) is 4.22. The molecule has 1 atom stereocenters. The van der Waals surface area contributed by atoms with Gasteiger partial charge in [0.25, 0.3) is 4.84 Å². The Kier molecular flexibility index (Phi) is 5.04. The molecule has 2 saturated heterocycles. The Morgan fingerprint density at radius 1 is 1.19 bits per heavy atom. The lowest BCUT2D eigenvalue weighted by atomic mass is 10.1. The normalized spacial score (nSPS) is 23.0. The Bertz CT molecular complexity index is 963. The van der Waals surface area contributed by atoms with Gasteiger partial charge in [0.05, 0.1) is 24.1 Å². The number of benzene rings is 1. The number of anilines is 1. The van der Waals surface area contributed by atoms with Gasteiger partial charge in [0, 0.05) is 31.9 Å². The zero-order valence-electron chi connectivity index (χ0n) is 14.8. The van der Waals surface area contributed by atoms with Crippen LogP contribution < -0.4 is 4.90 Å². The van der Waals surface area contributed by atoms with Crippen molar-refractivity contribution in [1.29, 1.82) is 0 Å². The number of piperazine rings is 1. The number of hydrogen-bond acceptors (Lipinski definition) is 7. The maximum absolute atomic E-state index is 13.1. The van der Waals surface area contributed by atoms with Crippen LogP contribution in [0.15, 0.2) is 28.7 Å². The molecule has 2 aliphatic rings. The molecule has 146 valence electrons. The van der Waals surface area contributed by atoms with E-state index in [1.807, 2.05) is 0 Å². The zero-order chi connectivity index (χ0) is 19.0. The molecule has 0 unspecified atom stereocenters. The van der Waals surface area contributed by atoms with E-state index in [4.69, 9.17) is 16.6 Å². The molecule has 2 fully saturated rings. The predicted octanol–water partition coefficient (Wildman–Crippen LogP) is 2.03.